The van der Waals surface area contributed by atoms with E-state index in [0.717, 1.165) is 5.56 Å². The minimum absolute atomic E-state index is 0.0635. The zero-order chi connectivity index (χ0) is 15.6. The molecule has 2 N–H and O–H groups in total. The Kier molecular flexibility index (Phi) is 5.27. The second-order valence-corrected chi connectivity index (χ2v) is 8.06. The van der Waals surface area contributed by atoms with Gasteiger partial charge in [0, 0.05) is 37.2 Å². The lowest BCUT2D eigenvalue weighted by atomic mass is 10.0. The molecule has 5 nitrogen and oxygen atoms in total. The van der Waals surface area contributed by atoms with Gasteiger partial charge in [-0.15, -0.1) is 0 Å². The normalized spacial score (nSPS) is 24.4. The predicted octanol–water partition coefficient (Wildman–Crippen LogP) is 1.83. The molecule has 0 amide bonds. The van der Waals surface area contributed by atoms with Crippen LogP contribution in [0.5, 0.6) is 0 Å². The van der Waals surface area contributed by atoms with Crippen LogP contribution in [0, 0.1) is 0 Å². The third-order valence-electron chi connectivity index (χ3n) is 3.86. The molecule has 0 unspecified atom stereocenters. The molecule has 0 saturated carbocycles. The van der Waals surface area contributed by atoms with Gasteiger partial charge in [0.2, 0.25) is 0 Å². The summed E-state index contributed by atoms with van der Waals surface area (Å²) in [5.41, 5.74) is 6.81. The van der Waals surface area contributed by atoms with Crippen molar-refractivity contribution >= 4 is 21.8 Å². The Labute approximate surface area is 131 Å². The van der Waals surface area contributed by atoms with Crippen molar-refractivity contribution < 1.29 is 8.42 Å². The first kappa shape index (κ1) is 16.7. The lowest BCUT2D eigenvalue weighted by Gasteiger charge is -2.37. The highest BCUT2D eigenvalue weighted by molar-refractivity contribution is 7.86. The molecule has 0 aromatic heterocycles. The number of benzene rings is 1. The second-order valence-electron chi connectivity index (χ2n) is 5.63. The van der Waals surface area contributed by atoms with Crippen molar-refractivity contribution in [2.24, 2.45) is 5.73 Å². The zero-order valence-corrected chi connectivity index (χ0v) is 13.9. The van der Waals surface area contributed by atoms with E-state index in [4.69, 9.17) is 17.3 Å². The number of rotatable bonds is 4. The number of piperidine rings is 1. The van der Waals surface area contributed by atoms with Crippen molar-refractivity contribution in [1.82, 2.24) is 8.61 Å². The van der Waals surface area contributed by atoms with E-state index in [-0.39, 0.29) is 12.1 Å². The van der Waals surface area contributed by atoms with Crippen molar-refractivity contribution in [3.63, 3.8) is 0 Å². The van der Waals surface area contributed by atoms with Gasteiger partial charge in [-0.2, -0.15) is 17.0 Å². The summed E-state index contributed by atoms with van der Waals surface area (Å²) in [6.45, 7) is 2.72. The molecule has 0 aliphatic carbocycles. The number of nitrogens with two attached hydrogens (primary N) is 1. The van der Waals surface area contributed by atoms with E-state index < -0.39 is 10.2 Å². The van der Waals surface area contributed by atoms with E-state index in [1.165, 1.54) is 4.31 Å². The number of nitrogens with zero attached hydrogens (tertiary/aromatic N) is 2. The lowest BCUT2D eigenvalue weighted by molar-refractivity contribution is 0.231. The summed E-state index contributed by atoms with van der Waals surface area (Å²) in [4.78, 5) is 0. The molecule has 1 aromatic rings. The van der Waals surface area contributed by atoms with E-state index in [1.54, 1.807) is 23.5 Å². The van der Waals surface area contributed by atoms with E-state index in [1.807, 2.05) is 19.1 Å². The van der Waals surface area contributed by atoms with Gasteiger partial charge in [-0.3, -0.25) is 0 Å². The zero-order valence-electron chi connectivity index (χ0n) is 12.4. The van der Waals surface area contributed by atoms with Gasteiger partial charge in [-0.1, -0.05) is 23.7 Å². The van der Waals surface area contributed by atoms with Crippen LogP contribution in [0.4, 0.5) is 0 Å². The Bertz CT molecular complexity index is 576. The summed E-state index contributed by atoms with van der Waals surface area (Å²) in [5.74, 6) is 0. The van der Waals surface area contributed by atoms with Crippen LogP contribution < -0.4 is 5.73 Å². The van der Waals surface area contributed by atoms with Crippen LogP contribution in [0.2, 0.25) is 5.02 Å². The Hall–Kier alpha value is -0.660. The van der Waals surface area contributed by atoms with Crippen LogP contribution in [0.3, 0.4) is 0 Å². The maximum Gasteiger partial charge on any atom is 0.282 e. The second kappa shape index (κ2) is 6.62. The van der Waals surface area contributed by atoms with Crippen LogP contribution >= 0.6 is 11.6 Å². The summed E-state index contributed by atoms with van der Waals surface area (Å²) in [6, 6.07) is 7.23. The molecule has 1 heterocycles. The molecule has 2 rings (SSSR count). The first-order valence-corrected chi connectivity index (χ1v) is 8.81. The fourth-order valence-corrected chi connectivity index (χ4v) is 4.31. The van der Waals surface area contributed by atoms with Gasteiger partial charge in [-0.05, 0) is 37.5 Å². The lowest BCUT2D eigenvalue weighted by Crippen LogP contribution is -2.52. The van der Waals surface area contributed by atoms with Gasteiger partial charge in [0.1, 0.15) is 0 Å². The van der Waals surface area contributed by atoms with Crippen LogP contribution in [-0.4, -0.2) is 42.7 Å². The average molecular weight is 332 g/mol. The van der Waals surface area contributed by atoms with E-state index in [0.29, 0.717) is 31.0 Å². The fourth-order valence-electron chi connectivity index (χ4n) is 2.64. The summed E-state index contributed by atoms with van der Waals surface area (Å²) >= 11 is 5.84. The van der Waals surface area contributed by atoms with Crippen molar-refractivity contribution in [3.05, 3.63) is 34.9 Å². The molecule has 1 aromatic carbocycles. The Morgan fingerprint density at radius 1 is 1.38 bits per heavy atom. The molecule has 1 saturated heterocycles. The molecule has 1 aliphatic heterocycles. The average Bonchev–Trinajstić information content (AvgIpc) is 2.40. The van der Waals surface area contributed by atoms with Crippen LogP contribution in [-0.2, 0) is 16.8 Å². The Balaban J connectivity index is 2.09. The van der Waals surface area contributed by atoms with Gasteiger partial charge in [0.15, 0.2) is 0 Å². The molecular weight excluding hydrogens is 310 g/mol. The van der Waals surface area contributed by atoms with E-state index in [9.17, 15) is 8.42 Å². The van der Waals surface area contributed by atoms with Crippen LogP contribution in [0.1, 0.15) is 25.3 Å². The number of hydrogen-bond acceptors (Lipinski definition) is 3. The van der Waals surface area contributed by atoms with E-state index >= 15 is 0 Å². The van der Waals surface area contributed by atoms with Gasteiger partial charge in [0.05, 0.1) is 0 Å². The first-order valence-electron chi connectivity index (χ1n) is 7.04. The molecule has 1 aliphatic rings. The minimum Gasteiger partial charge on any atom is -0.328 e. The van der Waals surface area contributed by atoms with Crippen LogP contribution in [0.25, 0.3) is 0 Å². The minimum atomic E-state index is -3.46. The topological polar surface area (TPSA) is 66.6 Å². The summed E-state index contributed by atoms with van der Waals surface area (Å²) in [7, 11) is -1.86. The monoisotopic (exact) mass is 331 g/mol. The first-order chi connectivity index (χ1) is 9.80. The standard InChI is InChI=1S/C14H22ClN3O2S/c1-11-9-14(16)7-8-18(11)21(19,20)17(2)10-12-3-5-13(15)6-4-12/h3-6,11,14H,7-10,16H2,1-2H3/t11-,14+/m1/s1. The molecule has 21 heavy (non-hydrogen) atoms. The summed E-state index contributed by atoms with van der Waals surface area (Å²) in [5, 5.41) is 0.642. The maximum atomic E-state index is 12.7. The third-order valence-corrected chi connectivity index (χ3v) is 6.17. The maximum absolute atomic E-state index is 12.7. The predicted molar refractivity (Wildman–Crippen MR) is 85.2 cm³/mol. The largest absolute Gasteiger partial charge is 0.328 e. The van der Waals surface area contributed by atoms with Crippen LogP contribution in [0.15, 0.2) is 24.3 Å². The van der Waals surface area contributed by atoms with Crippen molar-refractivity contribution in [1.29, 1.82) is 0 Å². The summed E-state index contributed by atoms with van der Waals surface area (Å²) in [6.07, 6.45) is 1.41. The highest BCUT2D eigenvalue weighted by Gasteiger charge is 2.34. The van der Waals surface area contributed by atoms with Crippen molar-refractivity contribution in [2.45, 2.75) is 38.4 Å². The third kappa shape index (κ3) is 3.96. The summed E-state index contributed by atoms with van der Waals surface area (Å²) < 4.78 is 28.2. The molecule has 118 valence electrons. The molecule has 0 radical (unpaired) electrons. The quantitative estimate of drug-likeness (QED) is 0.915. The van der Waals surface area contributed by atoms with Gasteiger partial charge in [-0.25, -0.2) is 0 Å². The molecule has 0 bridgehead atoms. The smallest absolute Gasteiger partial charge is 0.282 e. The Morgan fingerprint density at radius 3 is 2.57 bits per heavy atom. The van der Waals surface area contributed by atoms with Gasteiger partial charge in [0.25, 0.3) is 10.2 Å². The number of hydrogen-bond donors (Lipinski definition) is 1. The van der Waals surface area contributed by atoms with Gasteiger partial charge < -0.3 is 5.73 Å². The van der Waals surface area contributed by atoms with Crippen molar-refractivity contribution in [3.8, 4) is 0 Å². The highest BCUT2D eigenvalue weighted by Crippen LogP contribution is 2.22. The molecule has 2 atom stereocenters. The molecule has 0 spiro atoms. The molecule has 1 fully saturated rings. The van der Waals surface area contributed by atoms with Gasteiger partial charge >= 0.3 is 0 Å². The van der Waals surface area contributed by atoms with E-state index in [2.05, 4.69) is 0 Å². The molecular formula is C14H22ClN3O2S. The fraction of sp³-hybridized carbons (Fsp3) is 0.571. The Morgan fingerprint density at radius 2 is 2.00 bits per heavy atom. The SMILES string of the molecule is C[C@@H]1C[C@@H](N)CCN1S(=O)(=O)N(C)Cc1ccc(Cl)cc1. The highest BCUT2D eigenvalue weighted by atomic mass is 35.5. The molecule has 7 heteroatoms. The number of halogens is 1. The van der Waals surface area contributed by atoms with Crippen molar-refractivity contribution in [2.75, 3.05) is 13.6 Å².